The number of hydrogen-bond donors (Lipinski definition) is 2. The molecule has 0 atom stereocenters. The minimum absolute atomic E-state index is 0.750. The van der Waals surface area contributed by atoms with Gasteiger partial charge in [0.25, 0.3) is 0 Å². The van der Waals surface area contributed by atoms with Crippen LogP contribution in [0.2, 0.25) is 0 Å². The zero-order valence-electron chi connectivity index (χ0n) is 7.46. The van der Waals surface area contributed by atoms with Gasteiger partial charge in [0.1, 0.15) is 0 Å². The van der Waals surface area contributed by atoms with Gasteiger partial charge in [0.05, 0.1) is 0 Å². The molecule has 0 aromatic rings. The van der Waals surface area contributed by atoms with Crippen molar-refractivity contribution in [2.45, 2.75) is 0 Å². The molecular formula is C6H12N2O2S3. The fourth-order valence-electron chi connectivity index (χ4n) is 0.201. The zero-order valence-corrected chi connectivity index (χ0v) is 9.90. The lowest BCUT2D eigenvalue weighted by molar-refractivity contribution is 0.562. The molecule has 0 radical (unpaired) electrons. The van der Waals surface area contributed by atoms with Crippen LogP contribution in [-0.2, 0) is 9.59 Å². The van der Waals surface area contributed by atoms with Crippen molar-refractivity contribution in [3.63, 3.8) is 0 Å². The quantitative estimate of drug-likeness (QED) is 0.340. The third-order valence-corrected chi connectivity index (χ3v) is 3.62. The summed E-state index contributed by atoms with van der Waals surface area (Å²) in [5.41, 5.74) is 0. The lowest BCUT2D eigenvalue weighted by Crippen LogP contribution is -1.67. The number of carbonyl (C=O) groups excluding carboxylic acids is 2. The number of rotatable bonds is 4. The van der Waals surface area contributed by atoms with E-state index in [1.807, 2.05) is 35.3 Å². The van der Waals surface area contributed by atoms with Crippen molar-refractivity contribution in [1.82, 2.24) is 0 Å². The summed E-state index contributed by atoms with van der Waals surface area (Å²) < 4.78 is 0. The maximum atomic E-state index is 8.35. The molecule has 0 aliphatic carbocycles. The van der Waals surface area contributed by atoms with E-state index in [1.165, 1.54) is 10.2 Å². The number of isocyanates is 2. The Balaban J connectivity index is -0.000000140. The van der Waals surface area contributed by atoms with Gasteiger partial charge in [0, 0.05) is 10.2 Å². The van der Waals surface area contributed by atoms with E-state index in [1.54, 1.807) is 0 Å². The van der Waals surface area contributed by atoms with E-state index in [4.69, 9.17) is 20.4 Å². The highest BCUT2D eigenvalue weighted by Crippen LogP contribution is 2.12. The second kappa shape index (κ2) is 29.8. The topological polar surface area (TPSA) is 81.8 Å². The van der Waals surface area contributed by atoms with Crippen molar-refractivity contribution in [3.8, 4) is 0 Å². The zero-order chi connectivity index (χ0) is 10.9. The third-order valence-electron chi connectivity index (χ3n) is 0.402. The van der Waals surface area contributed by atoms with Crippen LogP contribution in [-0.4, -0.2) is 34.8 Å². The molecule has 0 saturated heterocycles. The number of thioether (sulfide) groups is 3. The SMILES string of the molecule is CSCSCSC.N=C=O.N=C=O. The monoisotopic (exact) mass is 240 g/mol. The molecule has 0 fully saturated rings. The van der Waals surface area contributed by atoms with Crippen LogP contribution in [0.1, 0.15) is 0 Å². The molecule has 0 saturated carbocycles. The summed E-state index contributed by atoms with van der Waals surface area (Å²) in [4.78, 5) is 16.7. The van der Waals surface area contributed by atoms with Gasteiger partial charge < -0.3 is 0 Å². The summed E-state index contributed by atoms with van der Waals surface area (Å²) in [6.45, 7) is 0. The Labute approximate surface area is 90.6 Å². The predicted molar refractivity (Wildman–Crippen MR) is 61.2 cm³/mol. The maximum Gasteiger partial charge on any atom is 0.231 e. The van der Waals surface area contributed by atoms with Crippen molar-refractivity contribution in [3.05, 3.63) is 0 Å². The van der Waals surface area contributed by atoms with Crippen molar-refractivity contribution in [2.24, 2.45) is 0 Å². The molecular weight excluding hydrogens is 228 g/mol. The first-order valence-electron chi connectivity index (χ1n) is 2.88. The van der Waals surface area contributed by atoms with Crippen LogP contribution in [0, 0.1) is 10.8 Å². The Morgan fingerprint density at radius 3 is 1.38 bits per heavy atom. The van der Waals surface area contributed by atoms with Crippen LogP contribution in [0.15, 0.2) is 0 Å². The minimum Gasteiger partial charge on any atom is -0.222 e. The van der Waals surface area contributed by atoms with Gasteiger partial charge in [0.15, 0.2) is 0 Å². The largest absolute Gasteiger partial charge is 0.231 e. The van der Waals surface area contributed by atoms with E-state index in [0.29, 0.717) is 0 Å². The molecule has 0 amide bonds. The third kappa shape index (κ3) is 78.3. The maximum absolute atomic E-state index is 8.35. The Hall–Kier alpha value is -0.190. The Morgan fingerprint density at radius 2 is 1.23 bits per heavy atom. The predicted octanol–water partition coefficient (Wildman–Crippen LogP) is 2.16. The molecule has 13 heavy (non-hydrogen) atoms. The highest BCUT2D eigenvalue weighted by molar-refractivity contribution is 8.22. The van der Waals surface area contributed by atoms with Crippen LogP contribution in [0.4, 0.5) is 0 Å². The molecule has 0 aromatic carbocycles. The molecule has 0 aromatic heterocycles. The summed E-state index contributed by atoms with van der Waals surface area (Å²) >= 11 is 5.76. The van der Waals surface area contributed by atoms with Crippen molar-refractivity contribution < 1.29 is 9.59 Å². The summed E-state index contributed by atoms with van der Waals surface area (Å²) in [5.74, 6) is 0. The van der Waals surface area contributed by atoms with Gasteiger partial charge in [-0.15, -0.1) is 11.8 Å². The van der Waals surface area contributed by atoms with Crippen LogP contribution in [0.5, 0.6) is 0 Å². The van der Waals surface area contributed by atoms with E-state index in [2.05, 4.69) is 12.5 Å². The van der Waals surface area contributed by atoms with Crippen LogP contribution < -0.4 is 0 Å². The molecule has 0 spiro atoms. The molecule has 0 unspecified atom stereocenters. The standard InChI is InChI=1S/C4H10S3.2CHNO/c1-5-3-7-4-6-2;2*2-1-3/h3-4H2,1-2H3;2*2H. The first-order chi connectivity index (χ1) is 6.24. The Kier molecular flexibility index (Phi) is 42.5. The van der Waals surface area contributed by atoms with Crippen LogP contribution in [0.25, 0.3) is 0 Å². The molecule has 4 nitrogen and oxygen atoms in total. The van der Waals surface area contributed by atoms with Gasteiger partial charge in [0.2, 0.25) is 12.2 Å². The van der Waals surface area contributed by atoms with E-state index in [-0.39, 0.29) is 0 Å². The summed E-state index contributed by atoms with van der Waals surface area (Å²) in [5, 5.41) is 13.3. The Bertz CT molecular complexity index is 127. The van der Waals surface area contributed by atoms with Gasteiger partial charge in [-0.3, -0.25) is 0 Å². The lowest BCUT2D eigenvalue weighted by atomic mass is 11.7. The summed E-state index contributed by atoms with van der Waals surface area (Å²) in [6, 6.07) is 0. The highest BCUT2D eigenvalue weighted by atomic mass is 32.2. The fourth-order valence-corrected chi connectivity index (χ4v) is 2.42. The molecule has 2 N–H and O–H groups in total. The smallest absolute Gasteiger partial charge is 0.222 e. The first-order valence-corrected chi connectivity index (χ1v) is 6.82. The molecule has 7 heteroatoms. The normalized spacial score (nSPS) is 6.31. The lowest BCUT2D eigenvalue weighted by Gasteiger charge is -1.91. The Morgan fingerprint density at radius 1 is 1.00 bits per heavy atom. The van der Waals surface area contributed by atoms with Crippen LogP contribution >= 0.6 is 35.3 Å². The molecule has 0 bridgehead atoms. The van der Waals surface area contributed by atoms with Crippen molar-refractivity contribution >= 4 is 47.4 Å². The van der Waals surface area contributed by atoms with Crippen LogP contribution in [0.3, 0.4) is 0 Å². The van der Waals surface area contributed by atoms with Gasteiger partial charge in [-0.25, -0.2) is 20.4 Å². The summed E-state index contributed by atoms with van der Waals surface area (Å²) in [6.07, 6.45) is 5.76. The minimum atomic E-state index is 0.750. The van der Waals surface area contributed by atoms with Crippen molar-refractivity contribution in [2.75, 3.05) is 22.7 Å². The molecule has 0 heterocycles. The number of nitrogens with one attached hydrogen (secondary N) is 2. The van der Waals surface area contributed by atoms with Gasteiger partial charge in [-0.05, 0) is 12.5 Å². The highest BCUT2D eigenvalue weighted by Gasteiger charge is 1.80. The van der Waals surface area contributed by atoms with Crippen molar-refractivity contribution in [1.29, 1.82) is 10.8 Å². The molecule has 0 aliphatic heterocycles. The molecule has 0 aliphatic rings. The van der Waals surface area contributed by atoms with E-state index < -0.39 is 0 Å². The second-order valence-corrected chi connectivity index (χ2v) is 4.67. The van der Waals surface area contributed by atoms with Gasteiger partial charge in [-0.2, -0.15) is 23.5 Å². The summed E-state index contributed by atoms with van der Waals surface area (Å²) in [7, 11) is 0. The van der Waals surface area contributed by atoms with Gasteiger partial charge >= 0.3 is 0 Å². The fraction of sp³-hybridized carbons (Fsp3) is 0.667. The molecule has 76 valence electrons. The molecule has 0 rings (SSSR count). The average Bonchev–Trinajstić information content (AvgIpc) is 2.08. The van der Waals surface area contributed by atoms with E-state index in [0.717, 1.165) is 12.2 Å². The second-order valence-electron chi connectivity index (χ2n) is 1.22. The van der Waals surface area contributed by atoms with E-state index in [9.17, 15) is 0 Å². The average molecular weight is 240 g/mol. The first kappa shape index (κ1) is 18.6. The van der Waals surface area contributed by atoms with Gasteiger partial charge in [-0.1, -0.05) is 0 Å². The van der Waals surface area contributed by atoms with E-state index >= 15 is 0 Å². The number of hydrogen-bond acceptors (Lipinski definition) is 7.